The second-order valence-corrected chi connectivity index (χ2v) is 4.35. The number of aryl methyl sites for hydroxylation is 2. The number of benzene rings is 1. The van der Waals surface area contributed by atoms with Gasteiger partial charge in [0, 0.05) is 6.54 Å². The summed E-state index contributed by atoms with van der Waals surface area (Å²) < 4.78 is 23.3. The average molecular weight is 278 g/mol. The van der Waals surface area contributed by atoms with E-state index >= 15 is 0 Å². The van der Waals surface area contributed by atoms with Gasteiger partial charge in [0.25, 0.3) is 5.91 Å². The summed E-state index contributed by atoms with van der Waals surface area (Å²) in [5.74, 6) is -0.124. The number of methoxy groups -OCH3 is 1. The van der Waals surface area contributed by atoms with Crippen molar-refractivity contribution in [1.29, 1.82) is 0 Å². The maximum absolute atomic E-state index is 13.5. The molecule has 0 aliphatic carbocycles. The van der Waals surface area contributed by atoms with Crippen LogP contribution in [0.4, 0.5) is 4.39 Å². The van der Waals surface area contributed by atoms with Crippen LogP contribution in [0.3, 0.4) is 0 Å². The SMILES string of the molecule is COc1ccc(CNC(=O)c2c(C)noc2C)cc1F. The predicted octanol–water partition coefficient (Wildman–Crippen LogP) is 2.37. The quantitative estimate of drug-likeness (QED) is 0.932. The van der Waals surface area contributed by atoms with Gasteiger partial charge in [0.15, 0.2) is 11.6 Å². The van der Waals surface area contributed by atoms with E-state index in [0.717, 1.165) is 0 Å². The number of carbonyl (C=O) groups excluding carboxylic acids is 1. The number of ether oxygens (including phenoxy) is 1. The van der Waals surface area contributed by atoms with Crippen LogP contribution in [0.15, 0.2) is 22.7 Å². The molecule has 1 heterocycles. The molecule has 20 heavy (non-hydrogen) atoms. The molecule has 1 aromatic carbocycles. The molecule has 106 valence electrons. The fraction of sp³-hybridized carbons (Fsp3) is 0.286. The van der Waals surface area contributed by atoms with Gasteiger partial charge in [0.1, 0.15) is 11.3 Å². The molecule has 0 unspecified atom stereocenters. The van der Waals surface area contributed by atoms with Gasteiger partial charge >= 0.3 is 0 Å². The minimum Gasteiger partial charge on any atom is -0.494 e. The zero-order valence-electron chi connectivity index (χ0n) is 11.5. The molecular formula is C14H15FN2O3. The van der Waals surface area contributed by atoms with Crippen LogP contribution in [0.5, 0.6) is 5.75 Å². The third kappa shape index (κ3) is 2.79. The van der Waals surface area contributed by atoms with Crippen LogP contribution in [-0.4, -0.2) is 18.2 Å². The molecule has 0 saturated carbocycles. The minimum atomic E-state index is -0.461. The van der Waals surface area contributed by atoms with Gasteiger partial charge in [-0.15, -0.1) is 0 Å². The second kappa shape index (κ2) is 5.73. The van der Waals surface area contributed by atoms with Gasteiger partial charge in [0.2, 0.25) is 0 Å². The lowest BCUT2D eigenvalue weighted by Crippen LogP contribution is -2.23. The molecule has 0 aliphatic heterocycles. The Hall–Kier alpha value is -2.37. The Balaban J connectivity index is 2.06. The number of nitrogens with one attached hydrogen (secondary N) is 1. The molecule has 0 fully saturated rings. The Kier molecular flexibility index (Phi) is 4.02. The molecule has 0 saturated heterocycles. The molecule has 1 aromatic heterocycles. The van der Waals surface area contributed by atoms with Gasteiger partial charge < -0.3 is 14.6 Å². The van der Waals surface area contributed by atoms with Crippen LogP contribution < -0.4 is 10.1 Å². The normalized spacial score (nSPS) is 10.4. The van der Waals surface area contributed by atoms with E-state index in [2.05, 4.69) is 10.5 Å². The summed E-state index contributed by atoms with van der Waals surface area (Å²) in [7, 11) is 1.40. The van der Waals surface area contributed by atoms with Crippen molar-refractivity contribution in [1.82, 2.24) is 10.5 Å². The van der Waals surface area contributed by atoms with Gasteiger partial charge in [-0.3, -0.25) is 4.79 Å². The highest BCUT2D eigenvalue weighted by molar-refractivity contribution is 5.96. The number of halogens is 1. The fourth-order valence-corrected chi connectivity index (χ4v) is 1.90. The van der Waals surface area contributed by atoms with Crippen molar-refractivity contribution in [2.45, 2.75) is 20.4 Å². The van der Waals surface area contributed by atoms with Gasteiger partial charge in [-0.2, -0.15) is 0 Å². The van der Waals surface area contributed by atoms with Crippen molar-refractivity contribution in [2.75, 3.05) is 7.11 Å². The number of aromatic nitrogens is 1. The maximum Gasteiger partial charge on any atom is 0.257 e. The van der Waals surface area contributed by atoms with Crippen molar-refractivity contribution in [3.8, 4) is 5.75 Å². The van der Waals surface area contributed by atoms with Gasteiger partial charge in [-0.1, -0.05) is 11.2 Å². The average Bonchev–Trinajstić information content (AvgIpc) is 2.76. The zero-order valence-corrected chi connectivity index (χ0v) is 11.5. The third-order valence-corrected chi connectivity index (χ3v) is 2.93. The third-order valence-electron chi connectivity index (χ3n) is 2.93. The Labute approximate surface area is 115 Å². The van der Waals surface area contributed by atoms with Crippen LogP contribution in [0.25, 0.3) is 0 Å². The Morgan fingerprint density at radius 3 is 2.75 bits per heavy atom. The van der Waals surface area contributed by atoms with Crippen LogP contribution >= 0.6 is 0 Å². The molecule has 1 amide bonds. The zero-order chi connectivity index (χ0) is 14.7. The van der Waals surface area contributed by atoms with Crippen LogP contribution in [-0.2, 0) is 6.54 Å². The minimum absolute atomic E-state index is 0.172. The monoisotopic (exact) mass is 278 g/mol. The molecule has 0 bridgehead atoms. The van der Waals surface area contributed by atoms with E-state index < -0.39 is 5.82 Å². The molecule has 5 nitrogen and oxygen atoms in total. The largest absolute Gasteiger partial charge is 0.494 e. The number of nitrogens with zero attached hydrogens (tertiary/aromatic N) is 1. The maximum atomic E-state index is 13.5. The fourth-order valence-electron chi connectivity index (χ4n) is 1.90. The summed E-state index contributed by atoms with van der Waals surface area (Å²) in [4.78, 5) is 12.0. The lowest BCUT2D eigenvalue weighted by atomic mass is 10.1. The number of hydrogen-bond acceptors (Lipinski definition) is 4. The van der Waals surface area contributed by atoms with Crippen LogP contribution in [0.1, 0.15) is 27.4 Å². The number of amides is 1. The van der Waals surface area contributed by atoms with Crippen molar-refractivity contribution in [3.63, 3.8) is 0 Å². The predicted molar refractivity (Wildman–Crippen MR) is 70.1 cm³/mol. The van der Waals surface area contributed by atoms with E-state index in [9.17, 15) is 9.18 Å². The van der Waals surface area contributed by atoms with Crippen molar-refractivity contribution < 1.29 is 18.4 Å². The summed E-state index contributed by atoms with van der Waals surface area (Å²) in [5, 5.41) is 6.42. The molecular weight excluding hydrogens is 263 g/mol. The molecule has 2 rings (SSSR count). The topological polar surface area (TPSA) is 64.4 Å². The van der Waals surface area contributed by atoms with E-state index in [0.29, 0.717) is 22.6 Å². The van der Waals surface area contributed by atoms with E-state index in [1.807, 2.05) is 0 Å². The molecule has 0 atom stereocenters. The summed E-state index contributed by atoms with van der Waals surface area (Å²) in [6, 6.07) is 4.54. The number of carbonyl (C=O) groups is 1. The van der Waals surface area contributed by atoms with Gasteiger partial charge in [0.05, 0.1) is 12.8 Å². The molecule has 0 radical (unpaired) electrons. The second-order valence-electron chi connectivity index (χ2n) is 4.35. The van der Waals surface area contributed by atoms with E-state index in [1.54, 1.807) is 19.9 Å². The first-order chi connectivity index (χ1) is 9.52. The van der Waals surface area contributed by atoms with Crippen molar-refractivity contribution >= 4 is 5.91 Å². The van der Waals surface area contributed by atoms with Crippen LogP contribution in [0, 0.1) is 19.7 Å². The Bertz CT molecular complexity index is 618. The van der Waals surface area contributed by atoms with Crippen LogP contribution in [0.2, 0.25) is 0 Å². The highest BCUT2D eigenvalue weighted by Gasteiger charge is 2.17. The first kappa shape index (κ1) is 14.0. The first-order valence-electron chi connectivity index (χ1n) is 6.06. The molecule has 0 spiro atoms. The molecule has 0 aliphatic rings. The van der Waals surface area contributed by atoms with E-state index in [4.69, 9.17) is 9.26 Å². The lowest BCUT2D eigenvalue weighted by Gasteiger charge is -2.07. The van der Waals surface area contributed by atoms with Crippen molar-refractivity contribution in [2.24, 2.45) is 0 Å². The molecule has 2 aromatic rings. The van der Waals surface area contributed by atoms with Gasteiger partial charge in [-0.05, 0) is 31.5 Å². The number of rotatable bonds is 4. The summed E-state index contributed by atoms with van der Waals surface area (Å²) in [6.45, 7) is 3.57. The summed E-state index contributed by atoms with van der Waals surface area (Å²) in [6.07, 6.45) is 0. The Morgan fingerprint density at radius 2 is 2.20 bits per heavy atom. The highest BCUT2D eigenvalue weighted by atomic mass is 19.1. The smallest absolute Gasteiger partial charge is 0.257 e. The number of hydrogen-bond donors (Lipinski definition) is 1. The van der Waals surface area contributed by atoms with E-state index in [1.165, 1.54) is 19.2 Å². The first-order valence-corrected chi connectivity index (χ1v) is 6.06. The van der Waals surface area contributed by atoms with Crippen molar-refractivity contribution in [3.05, 3.63) is 46.6 Å². The standard InChI is InChI=1S/C14H15FN2O3/c1-8-13(9(2)20-17-8)14(18)16-7-10-4-5-12(19-3)11(15)6-10/h4-6H,7H2,1-3H3,(H,16,18). The Morgan fingerprint density at radius 1 is 1.45 bits per heavy atom. The highest BCUT2D eigenvalue weighted by Crippen LogP contribution is 2.18. The molecule has 6 heteroatoms. The summed E-state index contributed by atoms with van der Waals surface area (Å²) in [5.41, 5.74) is 1.59. The van der Waals surface area contributed by atoms with Gasteiger partial charge in [-0.25, -0.2) is 4.39 Å². The van der Waals surface area contributed by atoms with E-state index in [-0.39, 0.29) is 18.2 Å². The molecule has 1 N–H and O–H groups in total. The summed E-state index contributed by atoms with van der Waals surface area (Å²) >= 11 is 0. The lowest BCUT2D eigenvalue weighted by molar-refractivity contribution is 0.0949.